The van der Waals surface area contributed by atoms with E-state index in [1.807, 2.05) is 42.5 Å². The lowest BCUT2D eigenvalue weighted by Gasteiger charge is -2.07. The van der Waals surface area contributed by atoms with Crippen LogP contribution in [0, 0.1) is 6.92 Å². The van der Waals surface area contributed by atoms with Crippen molar-refractivity contribution in [3.05, 3.63) is 86.8 Å². The number of nitrogens with one attached hydrogen (secondary N) is 1. The molecular formula is C22H20BrN3O4. The van der Waals surface area contributed by atoms with E-state index in [2.05, 4.69) is 21.2 Å². The van der Waals surface area contributed by atoms with Crippen LogP contribution in [0.5, 0.6) is 0 Å². The minimum Gasteiger partial charge on any atom is -0.452 e. The van der Waals surface area contributed by atoms with Crippen LogP contribution in [0.4, 0.5) is 5.69 Å². The van der Waals surface area contributed by atoms with Gasteiger partial charge >= 0.3 is 5.97 Å². The molecular weight excluding hydrogens is 450 g/mol. The summed E-state index contributed by atoms with van der Waals surface area (Å²) in [5, 5.41) is 2.55. The van der Waals surface area contributed by atoms with Crippen molar-refractivity contribution in [3.63, 3.8) is 0 Å². The van der Waals surface area contributed by atoms with Crippen molar-refractivity contribution in [1.82, 2.24) is 9.36 Å². The van der Waals surface area contributed by atoms with Crippen molar-refractivity contribution < 1.29 is 14.3 Å². The summed E-state index contributed by atoms with van der Waals surface area (Å²) >= 11 is 3.34. The Balaban J connectivity index is 1.63. The van der Waals surface area contributed by atoms with Crippen molar-refractivity contribution in [3.8, 4) is 5.69 Å². The number of esters is 1. The SMILES string of the molecule is Cc1c(NC(=O)COC(=O)C=Cc2ccc(Br)cc2)c(=O)n(-c2ccccc2)n1C. The predicted molar refractivity (Wildman–Crippen MR) is 119 cm³/mol. The van der Waals surface area contributed by atoms with Gasteiger partial charge in [0.2, 0.25) is 0 Å². The molecule has 7 nitrogen and oxygen atoms in total. The molecule has 0 aliphatic carbocycles. The Morgan fingerprint density at radius 1 is 1.10 bits per heavy atom. The average Bonchev–Trinajstić information content (AvgIpc) is 2.95. The predicted octanol–water partition coefficient (Wildman–Crippen LogP) is 3.44. The van der Waals surface area contributed by atoms with Crippen LogP contribution >= 0.6 is 15.9 Å². The summed E-state index contributed by atoms with van der Waals surface area (Å²) in [5.41, 5.74) is 1.86. The van der Waals surface area contributed by atoms with E-state index >= 15 is 0 Å². The Morgan fingerprint density at radius 3 is 2.43 bits per heavy atom. The number of halogens is 1. The summed E-state index contributed by atoms with van der Waals surface area (Å²) in [6.07, 6.45) is 2.83. The van der Waals surface area contributed by atoms with Gasteiger partial charge in [-0.1, -0.05) is 46.3 Å². The van der Waals surface area contributed by atoms with Crippen LogP contribution in [0.3, 0.4) is 0 Å². The fraction of sp³-hybridized carbons (Fsp3) is 0.136. The van der Waals surface area contributed by atoms with Gasteiger partial charge < -0.3 is 10.1 Å². The van der Waals surface area contributed by atoms with E-state index in [1.165, 1.54) is 10.8 Å². The van der Waals surface area contributed by atoms with Gasteiger partial charge in [-0.05, 0) is 42.8 Å². The van der Waals surface area contributed by atoms with Crippen LogP contribution in [-0.4, -0.2) is 27.8 Å². The summed E-state index contributed by atoms with van der Waals surface area (Å²) in [4.78, 5) is 36.8. The molecule has 3 rings (SSSR count). The first-order valence-corrected chi connectivity index (χ1v) is 9.90. The maximum absolute atomic E-state index is 12.8. The van der Waals surface area contributed by atoms with Crippen molar-refractivity contribution in [2.45, 2.75) is 6.92 Å². The lowest BCUT2D eigenvalue weighted by Crippen LogP contribution is -2.25. The molecule has 8 heteroatoms. The van der Waals surface area contributed by atoms with Crippen LogP contribution in [-0.2, 0) is 21.4 Å². The highest BCUT2D eigenvalue weighted by atomic mass is 79.9. The Labute approximate surface area is 181 Å². The van der Waals surface area contributed by atoms with Gasteiger partial charge in [0.1, 0.15) is 5.69 Å². The summed E-state index contributed by atoms with van der Waals surface area (Å²) in [7, 11) is 1.73. The van der Waals surface area contributed by atoms with E-state index in [4.69, 9.17) is 4.74 Å². The summed E-state index contributed by atoms with van der Waals surface area (Å²) in [5.74, 6) is -1.24. The molecule has 30 heavy (non-hydrogen) atoms. The number of amides is 1. The third kappa shape index (κ3) is 4.96. The zero-order chi connectivity index (χ0) is 21.7. The molecule has 1 heterocycles. The Kier molecular flexibility index (Phi) is 6.68. The van der Waals surface area contributed by atoms with Crippen molar-refractivity contribution in [2.24, 2.45) is 7.05 Å². The molecule has 0 bridgehead atoms. The topological polar surface area (TPSA) is 82.3 Å². The van der Waals surface area contributed by atoms with Crippen LogP contribution in [0.25, 0.3) is 11.8 Å². The summed E-state index contributed by atoms with van der Waals surface area (Å²) < 4.78 is 9.00. The molecule has 1 amide bonds. The first-order chi connectivity index (χ1) is 14.4. The number of hydrogen-bond donors (Lipinski definition) is 1. The second-order valence-corrected chi connectivity index (χ2v) is 7.39. The standard InChI is InChI=1S/C22H20BrN3O4/c1-15-21(22(29)26(25(15)2)18-6-4-3-5-7-18)24-19(27)14-30-20(28)13-10-16-8-11-17(23)12-9-16/h3-13H,14H2,1-2H3,(H,24,27). The third-order valence-corrected chi connectivity index (χ3v) is 4.97. The molecule has 0 radical (unpaired) electrons. The van der Waals surface area contributed by atoms with E-state index in [-0.39, 0.29) is 11.2 Å². The molecule has 1 N–H and O–H groups in total. The third-order valence-electron chi connectivity index (χ3n) is 4.45. The fourth-order valence-electron chi connectivity index (χ4n) is 2.81. The maximum atomic E-state index is 12.8. The highest BCUT2D eigenvalue weighted by molar-refractivity contribution is 9.10. The van der Waals surface area contributed by atoms with Gasteiger partial charge in [-0.15, -0.1) is 0 Å². The maximum Gasteiger partial charge on any atom is 0.331 e. The molecule has 2 aromatic carbocycles. The lowest BCUT2D eigenvalue weighted by atomic mass is 10.2. The number of para-hydroxylation sites is 1. The summed E-state index contributed by atoms with van der Waals surface area (Å²) in [6.45, 7) is 1.23. The van der Waals surface area contributed by atoms with Gasteiger partial charge in [0.05, 0.1) is 11.4 Å². The first kappa shape index (κ1) is 21.3. The van der Waals surface area contributed by atoms with Crippen molar-refractivity contribution >= 4 is 39.6 Å². The van der Waals surface area contributed by atoms with Gasteiger partial charge in [0.25, 0.3) is 11.5 Å². The smallest absolute Gasteiger partial charge is 0.331 e. The largest absolute Gasteiger partial charge is 0.452 e. The molecule has 0 saturated heterocycles. The second kappa shape index (κ2) is 9.41. The highest BCUT2D eigenvalue weighted by Gasteiger charge is 2.18. The van der Waals surface area contributed by atoms with E-state index in [9.17, 15) is 14.4 Å². The number of carbonyl (C=O) groups excluding carboxylic acids is 2. The second-order valence-electron chi connectivity index (χ2n) is 6.48. The number of carbonyl (C=O) groups is 2. The molecule has 0 fully saturated rings. The fourth-order valence-corrected chi connectivity index (χ4v) is 3.08. The molecule has 0 aliphatic rings. The van der Waals surface area contributed by atoms with Crippen LogP contribution < -0.4 is 10.9 Å². The van der Waals surface area contributed by atoms with E-state index in [0.717, 1.165) is 10.0 Å². The molecule has 3 aromatic rings. The minimum absolute atomic E-state index is 0.146. The molecule has 0 saturated carbocycles. The van der Waals surface area contributed by atoms with Gasteiger partial charge in [0.15, 0.2) is 6.61 Å². The zero-order valence-electron chi connectivity index (χ0n) is 16.5. The number of nitrogens with zero attached hydrogens (tertiary/aromatic N) is 2. The number of hydrogen-bond acceptors (Lipinski definition) is 4. The van der Waals surface area contributed by atoms with Crippen LogP contribution in [0.15, 0.2) is 69.9 Å². The monoisotopic (exact) mass is 469 g/mol. The van der Waals surface area contributed by atoms with E-state index in [0.29, 0.717) is 11.4 Å². The lowest BCUT2D eigenvalue weighted by molar-refractivity contribution is -0.142. The number of anilines is 1. The Hall–Kier alpha value is -3.39. The number of aromatic nitrogens is 2. The molecule has 0 atom stereocenters. The Morgan fingerprint density at radius 2 is 1.77 bits per heavy atom. The van der Waals surface area contributed by atoms with Gasteiger partial charge in [-0.3, -0.25) is 14.3 Å². The Bertz CT molecular complexity index is 1150. The van der Waals surface area contributed by atoms with Gasteiger partial charge in [-0.2, -0.15) is 0 Å². The highest BCUT2D eigenvalue weighted by Crippen LogP contribution is 2.14. The number of rotatable bonds is 6. The number of benzene rings is 2. The minimum atomic E-state index is -0.653. The molecule has 0 unspecified atom stereocenters. The van der Waals surface area contributed by atoms with Crippen molar-refractivity contribution in [1.29, 1.82) is 0 Å². The van der Waals surface area contributed by atoms with Crippen LogP contribution in [0.2, 0.25) is 0 Å². The quantitative estimate of drug-likeness (QED) is 0.442. The van der Waals surface area contributed by atoms with Crippen LogP contribution in [0.1, 0.15) is 11.3 Å². The van der Waals surface area contributed by atoms with Gasteiger partial charge in [-0.25, -0.2) is 9.48 Å². The molecule has 0 spiro atoms. The summed E-state index contributed by atoms with van der Waals surface area (Å²) in [6, 6.07) is 16.5. The molecule has 1 aromatic heterocycles. The normalized spacial score (nSPS) is 10.9. The van der Waals surface area contributed by atoms with Crippen molar-refractivity contribution in [2.75, 3.05) is 11.9 Å². The number of ether oxygens (including phenoxy) is 1. The molecule has 0 aliphatic heterocycles. The van der Waals surface area contributed by atoms with E-state index in [1.54, 1.807) is 36.9 Å². The van der Waals surface area contributed by atoms with E-state index < -0.39 is 18.5 Å². The molecule has 154 valence electrons. The average molecular weight is 470 g/mol. The zero-order valence-corrected chi connectivity index (χ0v) is 18.0. The first-order valence-electron chi connectivity index (χ1n) is 9.11. The van der Waals surface area contributed by atoms with Gasteiger partial charge in [0, 0.05) is 17.6 Å².